The number of hydrogen-bond acceptors (Lipinski definition) is 5. The highest BCUT2D eigenvalue weighted by Crippen LogP contribution is 2.41. The molecule has 6 nitrogen and oxygen atoms in total. The number of aromatic nitrogens is 2. The molecule has 0 aliphatic carbocycles. The summed E-state index contributed by atoms with van der Waals surface area (Å²) in [5.41, 5.74) is -2.48. The van der Waals surface area contributed by atoms with Crippen molar-refractivity contribution >= 4 is 34.2 Å². The predicted molar refractivity (Wildman–Crippen MR) is 103 cm³/mol. The van der Waals surface area contributed by atoms with Gasteiger partial charge in [-0.05, 0) is 30.3 Å². The number of alkyl halides is 3. The molecule has 2 N–H and O–H groups in total. The molecule has 0 atom stereocenters. The number of fused-ring (bicyclic) bond motifs is 1. The van der Waals surface area contributed by atoms with Crippen LogP contribution in [0.3, 0.4) is 0 Å². The van der Waals surface area contributed by atoms with Crippen LogP contribution in [0.1, 0.15) is 5.76 Å². The van der Waals surface area contributed by atoms with E-state index in [1.165, 1.54) is 29.1 Å². The number of aromatic hydroxyl groups is 2. The molecule has 0 spiro atoms. The number of hydrogen-bond donors (Lipinski definition) is 2. The first-order valence-corrected chi connectivity index (χ1v) is 8.93. The molecule has 0 aliphatic heterocycles. The van der Waals surface area contributed by atoms with E-state index in [4.69, 9.17) is 27.6 Å². The number of rotatable bonds is 2. The highest BCUT2D eigenvalue weighted by atomic mass is 35.5. The molecule has 0 unspecified atom stereocenters. The van der Waals surface area contributed by atoms with E-state index in [1.807, 2.05) is 0 Å². The second kappa shape index (κ2) is 6.96. The summed E-state index contributed by atoms with van der Waals surface area (Å²) < 4.78 is 47.0. The molecule has 0 saturated heterocycles. The highest BCUT2D eigenvalue weighted by molar-refractivity contribution is 6.35. The molecule has 0 radical (unpaired) electrons. The molecule has 30 heavy (non-hydrogen) atoms. The maximum absolute atomic E-state index is 13.7. The Morgan fingerprint density at radius 2 is 1.83 bits per heavy atom. The molecule has 0 amide bonds. The van der Waals surface area contributed by atoms with E-state index in [0.29, 0.717) is 10.7 Å². The number of phenolic OH excluding ortho intramolecular Hbond substituents is 2. The van der Waals surface area contributed by atoms with E-state index in [-0.39, 0.29) is 16.0 Å². The zero-order valence-corrected chi connectivity index (χ0v) is 16.0. The van der Waals surface area contributed by atoms with Crippen LogP contribution >= 0.6 is 23.2 Å². The van der Waals surface area contributed by atoms with Gasteiger partial charge >= 0.3 is 6.18 Å². The van der Waals surface area contributed by atoms with Gasteiger partial charge in [0.2, 0.25) is 16.9 Å². The first-order valence-electron chi connectivity index (χ1n) is 8.17. The Bertz CT molecular complexity index is 1360. The summed E-state index contributed by atoms with van der Waals surface area (Å²) in [6, 6.07) is 6.49. The van der Waals surface area contributed by atoms with Crippen LogP contribution in [0.15, 0.2) is 51.9 Å². The maximum Gasteiger partial charge on any atom is 0.450 e. The third-order valence-electron chi connectivity index (χ3n) is 4.30. The third kappa shape index (κ3) is 3.25. The van der Waals surface area contributed by atoms with Crippen LogP contribution in [-0.2, 0) is 6.18 Å². The number of nitrogens with zero attached hydrogens (tertiary/aromatic N) is 2. The van der Waals surface area contributed by atoms with Crippen LogP contribution in [0.2, 0.25) is 10.0 Å². The van der Waals surface area contributed by atoms with Gasteiger partial charge < -0.3 is 14.6 Å². The normalized spacial score (nSPS) is 11.9. The van der Waals surface area contributed by atoms with E-state index in [0.717, 1.165) is 18.3 Å². The monoisotopic (exact) mass is 456 g/mol. The smallest absolute Gasteiger partial charge is 0.450 e. The Kier molecular flexibility index (Phi) is 4.67. The van der Waals surface area contributed by atoms with Crippen molar-refractivity contribution in [3.8, 4) is 28.3 Å². The lowest BCUT2D eigenvalue weighted by Crippen LogP contribution is -2.16. The molecule has 2 aromatic heterocycles. The van der Waals surface area contributed by atoms with Crippen molar-refractivity contribution in [2.45, 2.75) is 6.18 Å². The van der Waals surface area contributed by atoms with Crippen LogP contribution in [0.5, 0.6) is 11.5 Å². The summed E-state index contributed by atoms with van der Waals surface area (Å²) in [6.45, 7) is 0. The van der Waals surface area contributed by atoms with Crippen molar-refractivity contribution in [1.29, 1.82) is 0 Å². The van der Waals surface area contributed by atoms with Crippen molar-refractivity contribution < 1.29 is 27.8 Å². The minimum absolute atomic E-state index is 0.184. The third-order valence-corrected chi connectivity index (χ3v) is 4.84. The summed E-state index contributed by atoms with van der Waals surface area (Å²) in [7, 11) is 0. The fourth-order valence-corrected chi connectivity index (χ4v) is 3.44. The first-order chi connectivity index (χ1) is 14.1. The fourth-order valence-electron chi connectivity index (χ4n) is 2.95. The first kappa shape index (κ1) is 20.1. The topological polar surface area (TPSA) is 88.5 Å². The quantitative estimate of drug-likeness (QED) is 0.395. The average molecular weight is 457 g/mol. The molecule has 4 rings (SSSR count). The standard InChI is InChI=1S/C19H9Cl2F3N2O4/c20-9-1-3-12(11(21)5-9)26-7-8(6-25-26)14-15(28)10-2-4-13(27)16(29)17(10)30-18(14)19(22,23)24/h1-7,27,29H. The van der Waals surface area contributed by atoms with E-state index >= 15 is 0 Å². The van der Waals surface area contributed by atoms with Gasteiger partial charge in [-0.1, -0.05) is 23.2 Å². The molecule has 0 aliphatic rings. The van der Waals surface area contributed by atoms with Crippen LogP contribution < -0.4 is 5.43 Å². The summed E-state index contributed by atoms with van der Waals surface area (Å²) in [5, 5.41) is 23.6. The maximum atomic E-state index is 13.7. The van der Waals surface area contributed by atoms with Crippen molar-refractivity contribution in [3.63, 3.8) is 0 Å². The van der Waals surface area contributed by atoms with E-state index in [2.05, 4.69) is 5.10 Å². The van der Waals surface area contributed by atoms with E-state index in [1.54, 1.807) is 0 Å². The summed E-state index contributed by atoms with van der Waals surface area (Å²) in [4.78, 5) is 12.9. The van der Waals surface area contributed by atoms with Crippen molar-refractivity contribution in [1.82, 2.24) is 9.78 Å². The largest absolute Gasteiger partial charge is 0.504 e. The molecule has 0 fully saturated rings. The van der Waals surface area contributed by atoms with E-state index in [9.17, 15) is 28.2 Å². The Labute approximate surface area is 175 Å². The number of phenols is 2. The van der Waals surface area contributed by atoms with Gasteiger partial charge in [0.15, 0.2) is 11.3 Å². The predicted octanol–water partition coefficient (Wildman–Crippen LogP) is 5.38. The van der Waals surface area contributed by atoms with Crippen molar-refractivity contribution in [2.75, 3.05) is 0 Å². The van der Waals surface area contributed by atoms with Gasteiger partial charge in [-0.25, -0.2) is 4.68 Å². The average Bonchev–Trinajstić information content (AvgIpc) is 3.13. The van der Waals surface area contributed by atoms with Crippen molar-refractivity contribution in [3.05, 3.63) is 68.8 Å². The Morgan fingerprint density at radius 3 is 2.50 bits per heavy atom. The Morgan fingerprint density at radius 1 is 1.10 bits per heavy atom. The molecular weight excluding hydrogens is 448 g/mol. The van der Waals surface area contributed by atoms with Crippen LogP contribution in [0, 0.1) is 0 Å². The second-order valence-electron chi connectivity index (χ2n) is 6.21. The SMILES string of the molecule is O=c1c(-c2cnn(-c3ccc(Cl)cc3Cl)c2)c(C(F)(F)F)oc2c(O)c(O)ccc12. The zero-order valence-electron chi connectivity index (χ0n) is 14.5. The second-order valence-corrected chi connectivity index (χ2v) is 7.06. The number of benzene rings is 2. The van der Waals surface area contributed by atoms with Gasteiger partial charge in [-0.3, -0.25) is 4.79 Å². The van der Waals surface area contributed by atoms with Gasteiger partial charge in [0.05, 0.1) is 27.9 Å². The molecular formula is C19H9Cl2F3N2O4. The lowest BCUT2D eigenvalue weighted by atomic mass is 10.0. The van der Waals surface area contributed by atoms with Gasteiger partial charge in [0, 0.05) is 16.8 Å². The highest BCUT2D eigenvalue weighted by Gasteiger charge is 2.40. The van der Waals surface area contributed by atoms with Gasteiger partial charge in [-0.15, -0.1) is 0 Å². The minimum Gasteiger partial charge on any atom is -0.504 e. The molecule has 2 heterocycles. The fraction of sp³-hybridized carbons (Fsp3) is 0.0526. The lowest BCUT2D eigenvalue weighted by Gasteiger charge is -2.12. The lowest BCUT2D eigenvalue weighted by molar-refractivity contribution is -0.152. The van der Waals surface area contributed by atoms with Gasteiger partial charge in [0.25, 0.3) is 0 Å². The molecule has 154 valence electrons. The van der Waals surface area contributed by atoms with Crippen molar-refractivity contribution in [2.24, 2.45) is 0 Å². The minimum atomic E-state index is -5.07. The van der Waals surface area contributed by atoms with Crippen LogP contribution in [0.4, 0.5) is 13.2 Å². The van der Waals surface area contributed by atoms with Gasteiger partial charge in [-0.2, -0.15) is 18.3 Å². The molecule has 0 saturated carbocycles. The molecule has 0 bridgehead atoms. The van der Waals surface area contributed by atoms with Crippen LogP contribution in [0.25, 0.3) is 27.8 Å². The Hall–Kier alpha value is -3.17. The van der Waals surface area contributed by atoms with Gasteiger partial charge in [0.1, 0.15) is 0 Å². The summed E-state index contributed by atoms with van der Waals surface area (Å²) in [5.74, 6) is -3.33. The molecule has 11 heteroatoms. The van der Waals surface area contributed by atoms with E-state index < -0.39 is 40.0 Å². The molecule has 2 aromatic carbocycles. The molecule has 4 aromatic rings. The summed E-state index contributed by atoms with van der Waals surface area (Å²) >= 11 is 12.0. The van der Waals surface area contributed by atoms with Crippen LogP contribution in [-0.4, -0.2) is 20.0 Å². The summed E-state index contributed by atoms with van der Waals surface area (Å²) in [6.07, 6.45) is -2.83. The zero-order chi connectivity index (χ0) is 21.8. The Balaban J connectivity index is 1.99. The number of halogens is 5.